The van der Waals surface area contributed by atoms with E-state index in [9.17, 15) is 8.78 Å². The van der Waals surface area contributed by atoms with Gasteiger partial charge < -0.3 is 9.47 Å². The monoisotopic (exact) mass is 390 g/mol. The van der Waals surface area contributed by atoms with E-state index in [4.69, 9.17) is 9.47 Å². The number of halogens is 2. The van der Waals surface area contributed by atoms with Crippen LogP contribution in [-0.2, 0) is 0 Å². The normalized spacial score (nSPS) is 10.9. The zero-order valence-corrected chi connectivity index (χ0v) is 17.1. The molecule has 0 radical (unpaired) electrons. The first-order valence-corrected chi connectivity index (χ1v) is 10.5. The number of hydrogen-bond donors (Lipinski definition) is 0. The molecule has 2 rings (SSSR count). The van der Waals surface area contributed by atoms with Crippen LogP contribution in [-0.4, -0.2) is 13.2 Å². The van der Waals surface area contributed by atoms with Gasteiger partial charge in [-0.3, -0.25) is 0 Å². The molecular formula is C24H32F2O2. The fraction of sp³-hybridized carbons (Fsp3) is 0.500. The standard InChI is InChI=1S/C24H32F2O2/c1-3-5-7-9-15-27-23-13-11-19(17-21(23)25)20-12-14-24(22(26)18-20)28-16-10-8-6-4-2/h11-14,17-18H,3-10,15-16H2,1-2H3. The molecule has 0 amide bonds. The maximum atomic E-state index is 14.3. The topological polar surface area (TPSA) is 18.5 Å². The Kier molecular flexibility index (Phi) is 9.81. The Morgan fingerprint density at radius 2 is 1.04 bits per heavy atom. The molecule has 0 spiro atoms. The third-order valence-corrected chi connectivity index (χ3v) is 4.71. The van der Waals surface area contributed by atoms with E-state index in [2.05, 4.69) is 13.8 Å². The zero-order valence-electron chi connectivity index (χ0n) is 17.1. The van der Waals surface area contributed by atoms with Crippen molar-refractivity contribution in [3.63, 3.8) is 0 Å². The molecule has 154 valence electrons. The van der Waals surface area contributed by atoms with E-state index >= 15 is 0 Å². The van der Waals surface area contributed by atoms with Gasteiger partial charge in [0.25, 0.3) is 0 Å². The highest BCUT2D eigenvalue weighted by atomic mass is 19.1. The van der Waals surface area contributed by atoms with Crippen LogP contribution in [0.3, 0.4) is 0 Å². The Morgan fingerprint density at radius 3 is 1.39 bits per heavy atom. The van der Waals surface area contributed by atoms with E-state index in [-0.39, 0.29) is 11.5 Å². The summed E-state index contributed by atoms with van der Waals surface area (Å²) in [6, 6.07) is 9.51. The van der Waals surface area contributed by atoms with Crippen molar-refractivity contribution < 1.29 is 18.3 Å². The fourth-order valence-electron chi connectivity index (χ4n) is 3.02. The Balaban J connectivity index is 1.93. The summed E-state index contributed by atoms with van der Waals surface area (Å²) >= 11 is 0. The molecule has 0 aliphatic rings. The minimum Gasteiger partial charge on any atom is -0.491 e. The van der Waals surface area contributed by atoms with Crippen molar-refractivity contribution in [2.75, 3.05) is 13.2 Å². The minimum atomic E-state index is -0.426. The molecule has 0 saturated heterocycles. The molecule has 0 bridgehead atoms. The smallest absolute Gasteiger partial charge is 0.165 e. The Labute approximate surface area is 167 Å². The average molecular weight is 391 g/mol. The second-order valence-corrected chi connectivity index (χ2v) is 7.11. The highest BCUT2D eigenvalue weighted by molar-refractivity contribution is 5.65. The highest BCUT2D eigenvalue weighted by Crippen LogP contribution is 2.29. The van der Waals surface area contributed by atoms with Crippen LogP contribution in [0.15, 0.2) is 36.4 Å². The van der Waals surface area contributed by atoms with Crippen LogP contribution in [0.5, 0.6) is 11.5 Å². The lowest BCUT2D eigenvalue weighted by atomic mass is 10.0. The molecule has 0 fully saturated rings. The third-order valence-electron chi connectivity index (χ3n) is 4.71. The minimum absolute atomic E-state index is 0.243. The molecule has 28 heavy (non-hydrogen) atoms. The molecule has 0 atom stereocenters. The van der Waals surface area contributed by atoms with Crippen molar-refractivity contribution in [3.8, 4) is 22.6 Å². The number of hydrogen-bond acceptors (Lipinski definition) is 2. The second kappa shape index (κ2) is 12.4. The molecule has 0 aliphatic carbocycles. The lowest BCUT2D eigenvalue weighted by Crippen LogP contribution is -2.00. The van der Waals surface area contributed by atoms with Crippen molar-refractivity contribution in [1.82, 2.24) is 0 Å². The molecule has 4 heteroatoms. The highest BCUT2D eigenvalue weighted by Gasteiger charge is 2.10. The lowest BCUT2D eigenvalue weighted by molar-refractivity contribution is 0.290. The van der Waals surface area contributed by atoms with Gasteiger partial charge in [0, 0.05) is 0 Å². The number of unbranched alkanes of at least 4 members (excludes halogenated alkanes) is 6. The van der Waals surface area contributed by atoms with Crippen molar-refractivity contribution in [2.45, 2.75) is 65.2 Å². The molecule has 0 heterocycles. The first-order chi connectivity index (χ1) is 13.7. The van der Waals surface area contributed by atoms with Gasteiger partial charge in [0.05, 0.1) is 13.2 Å². The summed E-state index contributed by atoms with van der Waals surface area (Å²) in [6.45, 7) is 5.31. The van der Waals surface area contributed by atoms with Crippen LogP contribution in [0.1, 0.15) is 65.2 Å². The third kappa shape index (κ3) is 7.14. The van der Waals surface area contributed by atoms with Crippen LogP contribution in [0.4, 0.5) is 8.78 Å². The average Bonchev–Trinajstić information content (AvgIpc) is 2.69. The quantitative estimate of drug-likeness (QED) is 0.329. The van der Waals surface area contributed by atoms with Crippen LogP contribution in [0.2, 0.25) is 0 Å². The largest absolute Gasteiger partial charge is 0.491 e. The number of rotatable bonds is 13. The van der Waals surface area contributed by atoms with E-state index < -0.39 is 11.6 Å². The molecule has 0 aliphatic heterocycles. The van der Waals surface area contributed by atoms with Gasteiger partial charge in [-0.05, 0) is 48.2 Å². The van der Waals surface area contributed by atoms with Crippen LogP contribution in [0.25, 0.3) is 11.1 Å². The summed E-state index contributed by atoms with van der Waals surface area (Å²) in [5.74, 6) is -0.366. The van der Waals surface area contributed by atoms with Crippen LogP contribution in [0, 0.1) is 11.6 Å². The Hall–Kier alpha value is -2.10. The molecule has 2 nitrogen and oxygen atoms in total. The SMILES string of the molecule is CCCCCCOc1ccc(-c2ccc(OCCCCCC)c(F)c2)cc1F. The number of ether oxygens (including phenoxy) is 2. The first-order valence-electron chi connectivity index (χ1n) is 10.5. The van der Waals surface area contributed by atoms with Gasteiger partial charge in [-0.2, -0.15) is 0 Å². The van der Waals surface area contributed by atoms with Crippen molar-refractivity contribution in [3.05, 3.63) is 48.0 Å². The van der Waals surface area contributed by atoms with E-state index in [1.807, 2.05) is 0 Å². The van der Waals surface area contributed by atoms with Crippen molar-refractivity contribution in [1.29, 1.82) is 0 Å². The second-order valence-electron chi connectivity index (χ2n) is 7.11. The predicted octanol–water partition coefficient (Wildman–Crippen LogP) is 7.55. The van der Waals surface area contributed by atoms with Gasteiger partial charge >= 0.3 is 0 Å². The van der Waals surface area contributed by atoms with Gasteiger partial charge in [-0.15, -0.1) is 0 Å². The predicted molar refractivity (Wildman–Crippen MR) is 111 cm³/mol. The fourth-order valence-corrected chi connectivity index (χ4v) is 3.02. The molecular weight excluding hydrogens is 358 g/mol. The summed E-state index contributed by atoms with van der Waals surface area (Å²) in [4.78, 5) is 0. The number of benzene rings is 2. The summed E-state index contributed by atoms with van der Waals surface area (Å²) in [5, 5.41) is 0. The first kappa shape index (κ1) is 22.2. The van der Waals surface area contributed by atoms with E-state index in [1.54, 1.807) is 24.3 Å². The summed E-state index contributed by atoms with van der Waals surface area (Å²) in [5.41, 5.74) is 1.23. The molecule has 0 aromatic heterocycles. The van der Waals surface area contributed by atoms with Gasteiger partial charge in [0.1, 0.15) is 0 Å². The Bertz CT molecular complexity index is 654. The van der Waals surface area contributed by atoms with Gasteiger partial charge in [0.2, 0.25) is 0 Å². The van der Waals surface area contributed by atoms with Gasteiger partial charge in [-0.1, -0.05) is 64.5 Å². The van der Waals surface area contributed by atoms with Crippen LogP contribution < -0.4 is 9.47 Å². The van der Waals surface area contributed by atoms with Crippen molar-refractivity contribution >= 4 is 0 Å². The molecule has 2 aromatic rings. The van der Waals surface area contributed by atoms with E-state index in [0.29, 0.717) is 24.3 Å². The van der Waals surface area contributed by atoms with E-state index in [0.717, 1.165) is 51.4 Å². The summed E-state index contributed by atoms with van der Waals surface area (Å²) < 4.78 is 39.7. The van der Waals surface area contributed by atoms with Crippen LogP contribution >= 0.6 is 0 Å². The lowest BCUT2D eigenvalue weighted by Gasteiger charge is -2.11. The van der Waals surface area contributed by atoms with Gasteiger partial charge in [0.15, 0.2) is 23.1 Å². The molecule has 2 aromatic carbocycles. The zero-order chi connectivity index (χ0) is 20.2. The van der Waals surface area contributed by atoms with E-state index in [1.165, 1.54) is 12.1 Å². The molecule has 0 N–H and O–H groups in total. The maximum Gasteiger partial charge on any atom is 0.165 e. The summed E-state index contributed by atoms with van der Waals surface area (Å²) in [7, 11) is 0. The van der Waals surface area contributed by atoms with Crippen molar-refractivity contribution in [2.24, 2.45) is 0 Å². The maximum absolute atomic E-state index is 14.3. The molecule has 0 unspecified atom stereocenters. The van der Waals surface area contributed by atoms with Gasteiger partial charge in [-0.25, -0.2) is 8.78 Å². The summed E-state index contributed by atoms with van der Waals surface area (Å²) in [6.07, 6.45) is 8.64. The Morgan fingerprint density at radius 1 is 0.607 bits per heavy atom. The molecule has 0 saturated carbocycles.